The second kappa shape index (κ2) is 5.61. The van der Waals surface area contributed by atoms with Crippen LogP contribution in [0.2, 0.25) is 0 Å². The van der Waals surface area contributed by atoms with Crippen LogP contribution in [0, 0.1) is 12.8 Å². The number of amides is 1. The van der Waals surface area contributed by atoms with Crippen LogP contribution in [0.5, 0.6) is 0 Å². The molecule has 4 heteroatoms. The maximum absolute atomic E-state index is 12.7. The summed E-state index contributed by atoms with van der Waals surface area (Å²) in [6.07, 6.45) is 2.24. The highest BCUT2D eigenvalue weighted by Gasteiger charge is 2.33. The number of hydrazine groups is 1. The fraction of sp³-hybridized carbons (Fsp3) is 0.533. The molecule has 1 aromatic carbocycles. The van der Waals surface area contributed by atoms with Crippen LogP contribution in [0.1, 0.15) is 42.6 Å². The quantitative estimate of drug-likeness (QED) is 0.632. The van der Waals surface area contributed by atoms with Crippen molar-refractivity contribution >= 4 is 11.6 Å². The lowest BCUT2D eigenvalue weighted by Crippen LogP contribution is -2.36. The van der Waals surface area contributed by atoms with Crippen LogP contribution in [-0.4, -0.2) is 23.4 Å². The van der Waals surface area contributed by atoms with E-state index >= 15 is 0 Å². The van der Waals surface area contributed by atoms with Crippen molar-refractivity contribution in [1.82, 2.24) is 4.90 Å². The molecule has 2 rings (SSSR count). The minimum atomic E-state index is 0.0872. The van der Waals surface area contributed by atoms with Crippen molar-refractivity contribution < 1.29 is 4.79 Å². The summed E-state index contributed by atoms with van der Waals surface area (Å²) in [4.78, 5) is 14.7. The third-order valence-corrected chi connectivity index (χ3v) is 3.37. The number of aryl methyl sites for hydroxylation is 1. The Balaban J connectivity index is 2.25. The highest BCUT2D eigenvalue weighted by Crippen LogP contribution is 2.30. The van der Waals surface area contributed by atoms with Crippen molar-refractivity contribution in [2.45, 2.75) is 39.7 Å². The average molecular weight is 261 g/mol. The Morgan fingerprint density at radius 3 is 2.68 bits per heavy atom. The summed E-state index contributed by atoms with van der Waals surface area (Å²) in [6.45, 7) is 7.07. The molecule has 1 aromatic rings. The maximum Gasteiger partial charge on any atom is 0.256 e. The number of anilines is 1. The third-order valence-electron chi connectivity index (χ3n) is 3.37. The van der Waals surface area contributed by atoms with Gasteiger partial charge in [-0.05, 0) is 43.4 Å². The Hall–Kier alpha value is -1.55. The first-order valence-electron chi connectivity index (χ1n) is 6.91. The fourth-order valence-corrected chi connectivity index (χ4v) is 2.30. The van der Waals surface area contributed by atoms with Crippen molar-refractivity contribution in [3.05, 3.63) is 29.3 Å². The van der Waals surface area contributed by atoms with Crippen molar-refractivity contribution in [1.29, 1.82) is 0 Å². The molecule has 1 saturated carbocycles. The van der Waals surface area contributed by atoms with Crippen LogP contribution < -0.4 is 11.3 Å². The standard InChI is InChI=1S/C15H23N3O/c1-10(2)9-18(12-5-6-12)15(19)13-7-4-11(3)8-14(13)17-16/h4,7-8,10,12,17H,5-6,9,16H2,1-3H3. The van der Waals surface area contributed by atoms with Crippen molar-refractivity contribution in [2.24, 2.45) is 11.8 Å². The van der Waals surface area contributed by atoms with Gasteiger partial charge in [0.05, 0.1) is 11.3 Å². The highest BCUT2D eigenvalue weighted by molar-refractivity contribution is 6.00. The van der Waals surface area contributed by atoms with Crippen molar-refractivity contribution in [2.75, 3.05) is 12.0 Å². The van der Waals surface area contributed by atoms with E-state index in [0.29, 0.717) is 23.2 Å². The van der Waals surface area contributed by atoms with E-state index in [-0.39, 0.29) is 5.91 Å². The molecule has 0 heterocycles. The molecule has 0 unspecified atom stereocenters. The number of carbonyl (C=O) groups is 1. The van der Waals surface area contributed by atoms with E-state index in [1.54, 1.807) is 0 Å². The smallest absolute Gasteiger partial charge is 0.256 e. The zero-order valence-electron chi connectivity index (χ0n) is 11.9. The second-order valence-corrected chi connectivity index (χ2v) is 5.78. The molecule has 0 radical (unpaired) electrons. The molecular formula is C15H23N3O. The Kier molecular flexibility index (Phi) is 4.10. The topological polar surface area (TPSA) is 58.4 Å². The van der Waals surface area contributed by atoms with Crippen molar-refractivity contribution in [3.63, 3.8) is 0 Å². The summed E-state index contributed by atoms with van der Waals surface area (Å²) in [6, 6.07) is 6.15. The molecule has 1 fully saturated rings. The van der Waals surface area contributed by atoms with E-state index in [1.165, 1.54) is 0 Å². The summed E-state index contributed by atoms with van der Waals surface area (Å²) in [5.74, 6) is 6.09. The zero-order chi connectivity index (χ0) is 14.0. The number of nitrogens with zero attached hydrogens (tertiary/aromatic N) is 1. The van der Waals surface area contributed by atoms with Crippen LogP contribution in [0.15, 0.2) is 18.2 Å². The van der Waals surface area contributed by atoms with Gasteiger partial charge in [-0.1, -0.05) is 19.9 Å². The monoisotopic (exact) mass is 261 g/mol. The summed E-state index contributed by atoms with van der Waals surface area (Å²) >= 11 is 0. The Morgan fingerprint density at radius 1 is 1.47 bits per heavy atom. The van der Waals surface area contributed by atoms with Gasteiger partial charge in [-0.2, -0.15) is 0 Å². The molecule has 0 bridgehead atoms. The fourth-order valence-electron chi connectivity index (χ4n) is 2.30. The molecule has 104 valence electrons. The van der Waals surface area contributed by atoms with Crippen LogP contribution in [0.25, 0.3) is 0 Å². The first-order chi connectivity index (χ1) is 9.02. The number of nitrogens with two attached hydrogens (primary N) is 1. The van der Waals surface area contributed by atoms with E-state index in [1.807, 2.05) is 30.0 Å². The van der Waals surface area contributed by atoms with Crippen LogP contribution in [0.3, 0.4) is 0 Å². The minimum Gasteiger partial charge on any atom is -0.335 e. The van der Waals surface area contributed by atoms with Crippen molar-refractivity contribution in [3.8, 4) is 0 Å². The lowest BCUT2D eigenvalue weighted by atomic mass is 10.1. The molecule has 0 saturated heterocycles. The van der Waals surface area contributed by atoms with E-state index in [4.69, 9.17) is 5.84 Å². The Bertz CT molecular complexity index is 466. The molecule has 1 aliphatic carbocycles. The van der Waals surface area contributed by atoms with Gasteiger partial charge in [0, 0.05) is 12.6 Å². The van der Waals surface area contributed by atoms with Gasteiger partial charge < -0.3 is 10.3 Å². The Labute approximate surface area is 114 Å². The molecule has 0 spiro atoms. The summed E-state index contributed by atoms with van der Waals surface area (Å²) in [5.41, 5.74) is 5.10. The van der Waals surface area contributed by atoms with Crippen LogP contribution in [0.4, 0.5) is 5.69 Å². The zero-order valence-corrected chi connectivity index (χ0v) is 11.9. The normalized spacial score (nSPS) is 14.6. The van der Waals surface area contributed by atoms with Gasteiger partial charge in [0.25, 0.3) is 5.91 Å². The summed E-state index contributed by atoms with van der Waals surface area (Å²) < 4.78 is 0. The predicted octanol–water partition coefficient (Wildman–Crippen LogP) is 2.54. The average Bonchev–Trinajstić information content (AvgIpc) is 3.19. The largest absolute Gasteiger partial charge is 0.335 e. The Morgan fingerprint density at radius 2 is 2.16 bits per heavy atom. The number of nitrogen functional groups attached to an aromatic ring is 1. The third kappa shape index (κ3) is 3.26. The number of hydrogen-bond donors (Lipinski definition) is 2. The molecule has 1 amide bonds. The molecule has 4 nitrogen and oxygen atoms in total. The van der Waals surface area contributed by atoms with E-state index in [2.05, 4.69) is 19.3 Å². The second-order valence-electron chi connectivity index (χ2n) is 5.78. The number of nitrogens with one attached hydrogen (secondary N) is 1. The summed E-state index contributed by atoms with van der Waals surface area (Å²) in [5, 5.41) is 0. The lowest BCUT2D eigenvalue weighted by Gasteiger charge is -2.25. The van der Waals surface area contributed by atoms with Gasteiger partial charge in [-0.15, -0.1) is 0 Å². The van der Waals surface area contributed by atoms with Gasteiger partial charge in [0.15, 0.2) is 0 Å². The SMILES string of the molecule is Cc1ccc(C(=O)N(CC(C)C)C2CC2)c(NN)c1. The minimum absolute atomic E-state index is 0.0872. The first kappa shape index (κ1) is 13.9. The van der Waals surface area contributed by atoms with Gasteiger partial charge in [0.2, 0.25) is 0 Å². The molecular weight excluding hydrogens is 238 g/mol. The number of hydrogen-bond acceptors (Lipinski definition) is 3. The van der Waals surface area contributed by atoms with Gasteiger partial charge in [-0.3, -0.25) is 10.6 Å². The molecule has 0 aromatic heterocycles. The molecule has 19 heavy (non-hydrogen) atoms. The van der Waals surface area contributed by atoms with Gasteiger partial charge in [-0.25, -0.2) is 0 Å². The number of carbonyl (C=O) groups excluding carboxylic acids is 1. The highest BCUT2D eigenvalue weighted by atomic mass is 16.2. The van der Waals surface area contributed by atoms with Gasteiger partial charge >= 0.3 is 0 Å². The maximum atomic E-state index is 12.7. The molecule has 1 aliphatic rings. The van der Waals surface area contributed by atoms with Crippen LogP contribution in [-0.2, 0) is 0 Å². The van der Waals surface area contributed by atoms with E-state index < -0.39 is 0 Å². The first-order valence-corrected chi connectivity index (χ1v) is 6.91. The van der Waals surface area contributed by atoms with E-state index in [0.717, 1.165) is 24.9 Å². The van der Waals surface area contributed by atoms with Gasteiger partial charge in [0.1, 0.15) is 0 Å². The molecule has 0 atom stereocenters. The summed E-state index contributed by atoms with van der Waals surface area (Å²) in [7, 11) is 0. The predicted molar refractivity (Wildman–Crippen MR) is 77.9 cm³/mol. The lowest BCUT2D eigenvalue weighted by molar-refractivity contribution is 0.0723. The number of benzene rings is 1. The molecule has 0 aliphatic heterocycles. The van der Waals surface area contributed by atoms with Crippen LogP contribution >= 0.6 is 0 Å². The molecule has 3 N–H and O–H groups in total. The number of rotatable bonds is 5. The van der Waals surface area contributed by atoms with E-state index in [9.17, 15) is 4.79 Å².